The van der Waals surface area contributed by atoms with Crippen molar-refractivity contribution in [1.29, 1.82) is 0 Å². The van der Waals surface area contributed by atoms with Crippen LogP contribution in [0.4, 0.5) is 0 Å². The van der Waals surface area contributed by atoms with Crippen LogP contribution in [0.5, 0.6) is 0 Å². The first-order chi connectivity index (χ1) is 4.34. The monoisotopic (exact) mass is 145 g/mol. The van der Waals surface area contributed by atoms with E-state index in [1.807, 2.05) is 11.8 Å². The Bertz CT molecular complexity index is 85.0. The number of thioether (sulfide) groups is 1. The van der Waals surface area contributed by atoms with Gasteiger partial charge in [-0.3, -0.25) is 0 Å². The van der Waals surface area contributed by atoms with Gasteiger partial charge in [0.05, 0.1) is 0 Å². The summed E-state index contributed by atoms with van der Waals surface area (Å²) >= 11 is 2.02. The SMILES string of the molecule is CCS[C@H]1CCC[C@@H]1N. The smallest absolute Gasteiger partial charge is 0.0198 e. The van der Waals surface area contributed by atoms with Gasteiger partial charge in [-0.05, 0) is 18.6 Å². The van der Waals surface area contributed by atoms with Crippen LogP contribution < -0.4 is 5.73 Å². The van der Waals surface area contributed by atoms with Gasteiger partial charge in [0.2, 0.25) is 0 Å². The van der Waals surface area contributed by atoms with Crippen LogP contribution in [0.1, 0.15) is 26.2 Å². The molecular formula is C7H15NS. The fourth-order valence-corrected chi connectivity index (χ4v) is 2.52. The molecule has 1 rings (SSSR count). The van der Waals surface area contributed by atoms with Gasteiger partial charge in [0.1, 0.15) is 0 Å². The van der Waals surface area contributed by atoms with Gasteiger partial charge in [0, 0.05) is 11.3 Å². The van der Waals surface area contributed by atoms with Gasteiger partial charge < -0.3 is 5.73 Å². The van der Waals surface area contributed by atoms with Gasteiger partial charge in [-0.25, -0.2) is 0 Å². The van der Waals surface area contributed by atoms with E-state index in [1.165, 1.54) is 25.0 Å². The Kier molecular flexibility index (Phi) is 2.86. The second-order valence-corrected chi connectivity index (χ2v) is 4.10. The molecule has 0 aromatic rings. The Balaban J connectivity index is 2.22. The zero-order valence-electron chi connectivity index (χ0n) is 5.97. The van der Waals surface area contributed by atoms with Crippen molar-refractivity contribution in [2.24, 2.45) is 5.73 Å². The van der Waals surface area contributed by atoms with E-state index in [4.69, 9.17) is 5.73 Å². The molecule has 0 radical (unpaired) electrons. The first-order valence-corrected chi connectivity index (χ1v) is 4.76. The van der Waals surface area contributed by atoms with Gasteiger partial charge in [-0.2, -0.15) is 11.8 Å². The highest BCUT2D eigenvalue weighted by atomic mass is 32.2. The summed E-state index contributed by atoms with van der Waals surface area (Å²) in [5, 5.41) is 0.773. The third kappa shape index (κ3) is 1.87. The van der Waals surface area contributed by atoms with Crippen LogP contribution in [-0.4, -0.2) is 17.0 Å². The van der Waals surface area contributed by atoms with E-state index in [9.17, 15) is 0 Å². The lowest BCUT2D eigenvalue weighted by atomic mass is 10.3. The Morgan fingerprint density at radius 3 is 2.78 bits per heavy atom. The summed E-state index contributed by atoms with van der Waals surface area (Å²) in [5.41, 5.74) is 5.84. The Labute approximate surface area is 61.4 Å². The predicted octanol–water partition coefficient (Wildman–Crippen LogP) is 1.62. The largest absolute Gasteiger partial charge is 0.327 e. The van der Waals surface area contributed by atoms with Gasteiger partial charge in [0.15, 0.2) is 0 Å². The molecular weight excluding hydrogens is 130 g/mol. The summed E-state index contributed by atoms with van der Waals surface area (Å²) in [5.74, 6) is 1.22. The van der Waals surface area contributed by atoms with Gasteiger partial charge in [-0.15, -0.1) is 0 Å². The fourth-order valence-electron chi connectivity index (χ4n) is 1.38. The van der Waals surface area contributed by atoms with Crippen molar-refractivity contribution in [3.63, 3.8) is 0 Å². The zero-order valence-corrected chi connectivity index (χ0v) is 6.79. The minimum absolute atomic E-state index is 0.495. The molecule has 2 heteroatoms. The topological polar surface area (TPSA) is 26.0 Å². The molecule has 54 valence electrons. The van der Waals surface area contributed by atoms with Crippen LogP contribution in [0.3, 0.4) is 0 Å². The molecule has 1 nitrogen and oxygen atoms in total. The Morgan fingerprint density at radius 2 is 2.33 bits per heavy atom. The molecule has 0 aromatic carbocycles. The lowest BCUT2D eigenvalue weighted by Crippen LogP contribution is -2.26. The molecule has 0 aromatic heterocycles. The average molecular weight is 145 g/mol. The average Bonchev–Trinajstić information content (AvgIpc) is 2.18. The van der Waals surface area contributed by atoms with E-state index < -0.39 is 0 Å². The molecule has 1 aliphatic carbocycles. The van der Waals surface area contributed by atoms with Crippen molar-refractivity contribution in [2.75, 3.05) is 5.75 Å². The summed E-state index contributed by atoms with van der Waals surface area (Å²) in [6.07, 6.45) is 3.94. The lowest BCUT2D eigenvalue weighted by molar-refractivity contribution is 0.716. The molecule has 1 fully saturated rings. The molecule has 0 bridgehead atoms. The van der Waals surface area contributed by atoms with Crippen molar-refractivity contribution in [3.05, 3.63) is 0 Å². The van der Waals surface area contributed by atoms with Crippen LogP contribution in [0.2, 0.25) is 0 Å². The van der Waals surface area contributed by atoms with Crippen LogP contribution >= 0.6 is 11.8 Å². The van der Waals surface area contributed by atoms with E-state index in [2.05, 4.69) is 6.92 Å². The van der Waals surface area contributed by atoms with Crippen molar-refractivity contribution in [1.82, 2.24) is 0 Å². The molecule has 0 aliphatic heterocycles. The number of hydrogen-bond donors (Lipinski definition) is 1. The lowest BCUT2D eigenvalue weighted by Gasteiger charge is -2.12. The van der Waals surface area contributed by atoms with Crippen molar-refractivity contribution in [2.45, 2.75) is 37.5 Å². The molecule has 2 N–H and O–H groups in total. The van der Waals surface area contributed by atoms with E-state index in [1.54, 1.807) is 0 Å². The third-order valence-electron chi connectivity index (χ3n) is 1.88. The number of rotatable bonds is 2. The minimum Gasteiger partial charge on any atom is -0.327 e. The maximum atomic E-state index is 5.84. The molecule has 0 unspecified atom stereocenters. The third-order valence-corrected chi connectivity index (χ3v) is 3.23. The Hall–Kier alpha value is 0.310. The predicted molar refractivity (Wildman–Crippen MR) is 43.7 cm³/mol. The highest BCUT2D eigenvalue weighted by molar-refractivity contribution is 7.99. The fraction of sp³-hybridized carbons (Fsp3) is 1.00. The second kappa shape index (κ2) is 3.47. The van der Waals surface area contributed by atoms with E-state index in [0.29, 0.717) is 6.04 Å². The standard InChI is InChI=1S/C7H15NS/c1-2-9-7-5-3-4-6(7)8/h6-7H,2-5,8H2,1H3/t6-,7-/m0/s1. The Morgan fingerprint density at radius 1 is 1.56 bits per heavy atom. The van der Waals surface area contributed by atoms with Crippen LogP contribution in [-0.2, 0) is 0 Å². The molecule has 1 saturated carbocycles. The molecule has 0 amide bonds. The molecule has 0 spiro atoms. The maximum Gasteiger partial charge on any atom is 0.0198 e. The van der Waals surface area contributed by atoms with Crippen LogP contribution in [0.25, 0.3) is 0 Å². The molecule has 1 aliphatic rings. The highest BCUT2D eigenvalue weighted by Gasteiger charge is 2.22. The summed E-state index contributed by atoms with van der Waals surface area (Å²) in [7, 11) is 0. The van der Waals surface area contributed by atoms with E-state index in [0.717, 1.165) is 5.25 Å². The summed E-state index contributed by atoms with van der Waals surface area (Å²) < 4.78 is 0. The normalized spacial score (nSPS) is 35.3. The van der Waals surface area contributed by atoms with Gasteiger partial charge in [0.25, 0.3) is 0 Å². The summed E-state index contributed by atoms with van der Waals surface area (Å²) in [6, 6.07) is 0.495. The molecule has 0 heterocycles. The quantitative estimate of drug-likeness (QED) is 0.639. The van der Waals surface area contributed by atoms with Crippen molar-refractivity contribution < 1.29 is 0 Å². The highest BCUT2D eigenvalue weighted by Crippen LogP contribution is 2.28. The van der Waals surface area contributed by atoms with Crippen LogP contribution in [0.15, 0.2) is 0 Å². The first-order valence-electron chi connectivity index (χ1n) is 3.71. The number of nitrogens with two attached hydrogens (primary N) is 1. The van der Waals surface area contributed by atoms with E-state index >= 15 is 0 Å². The van der Waals surface area contributed by atoms with E-state index in [-0.39, 0.29) is 0 Å². The van der Waals surface area contributed by atoms with Gasteiger partial charge in [-0.1, -0.05) is 13.3 Å². The molecule has 2 atom stereocenters. The van der Waals surface area contributed by atoms with Crippen molar-refractivity contribution >= 4 is 11.8 Å². The van der Waals surface area contributed by atoms with Gasteiger partial charge >= 0.3 is 0 Å². The molecule has 9 heavy (non-hydrogen) atoms. The van der Waals surface area contributed by atoms with Crippen molar-refractivity contribution in [3.8, 4) is 0 Å². The maximum absolute atomic E-state index is 5.84. The first kappa shape index (κ1) is 7.42. The summed E-state index contributed by atoms with van der Waals surface area (Å²) in [6.45, 7) is 2.20. The summed E-state index contributed by atoms with van der Waals surface area (Å²) in [4.78, 5) is 0. The second-order valence-electron chi connectivity index (χ2n) is 2.59. The minimum atomic E-state index is 0.495. The van der Waals surface area contributed by atoms with Crippen LogP contribution in [0, 0.1) is 0 Å². The zero-order chi connectivity index (χ0) is 6.69. The number of hydrogen-bond acceptors (Lipinski definition) is 2. The molecule has 0 saturated heterocycles.